The zero-order chi connectivity index (χ0) is 9.84. The van der Waals surface area contributed by atoms with Gasteiger partial charge in [0.25, 0.3) is 0 Å². The van der Waals surface area contributed by atoms with Crippen molar-refractivity contribution in [3.8, 4) is 0 Å². The van der Waals surface area contributed by atoms with Crippen LogP contribution in [0.1, 0.15) is 11.1 Å². The molecule has 0 aliphatic rings. The van der Waals surface area contributed by atoms with Crippen LogP contribution in [0.3, 0.4) is 0 Å². The van der Waals surface area contributed by atoms with Crippen LogP contribution in [0.2, 0.25) is 0 Å². The van der Waals surface area contributed by atoms with Crippen LogP contribution in [0.4, 0.5) is 0 Å². The van der Waals surface area contributed by atoms with Gasteiger partial charge in [-0.25, -0.2) is 0 Å². The van der Waals surface area contributed by atoms with Gasteiger partial charge >= 0.3 is 0 Å². The molecule has 4 heteroatoms. The van der Waals surface area contributed by atoms with Crippen molar-refractivity contribution >= 4 is 18.7 Å². The Morgan fingerprint density at radius 2 is 2.23 bits per heavy atom. The van der Waals surface area contributed by atoms with Gasteiger partial charge in [-0.2, -0.15) is 0 Å². The van der Waals surface area contributed by atoms with Crippen molar-refractivity contribution in [2.75, 3.05) is 0 Å². The first-order valence-corrected chi connectivity index (χ1v) is 4.15. The third kappa shape index (κ3) is 2.91. The van der Waals surface area contributed by atoms with Gasteiger partial charge in [0.15, 0.2) is 0 Å². The van der Waals surface area contributed by atoms with Gasteiger partial charge in [0.2, 0.25) is 6.20 Å². The van der Waals surface area contributed by atoms with E-state index in [9.17, 15) is 10.1 Å². The minimum atomic E-state index is -0.493. The monoisotopic (exact) mass is 195 g/mol. The van der Waals surface area contributed by atoms with E-state index in [1.807, 2.05) is 19.1 Å². The molecule has 1 rings (SSSR count). The fourth-order valence-electron chi connectivity index (χ4n) is 0.936. The minimum Gasteiger partial charge on any atom is -0.259 e. The number of thiol groups is 1. The minimum absolute atomic E-state index is 0.493. The quantitative estimate of drug-likeness (QED) is 0.447. The van der Waals surface area contributed by atoms with Crippen LogP contribution in [-0.2, 0) is 0 Å². The molecule has 3 nitrogen and oxygen atoms in total. The van der Waals surface area contributed by atoms with E-state index in [0.717, 1.165) is 22.2 Å². The molecule has 0 saturated carbocycles. The van der Waals surface area contributed by atoms with Gasteiger partial charge in [-0.1, -0.05) is 12.1 Å². The topological polar surface area (TPSA) is 43.1 Å². The van der Waals surface area contributed by atoms with E-state index in [1.54, 1.807) is 6.07 Å². The normalized spacial score (nSPS) is 10.6. The molecule has 0 aliphatic heterocycles. The summed E-state index contributed by atoms with van der Waals surface area (Å²) in [4.78, 5) is 10.3. The number of hydrogen-bond donors (Lipinski definition) is 1. The summed E-state index contributed by atoms with van der Waals surface area (Å²) in [5.74, 6) is 0. The van der Waals surface area contributed by atoms with Crippen molar-refractivity contribution in [3.05, 3.63) is 45.6 Å². The molecule has 0 unspecified atom stereocenters. The zero-order valence-corrected chi connectivity index (χ0v) is 7.99. The van der Waals surface area contributed by atoms with E-state index in [-0.39, 0.29) is 0 Å². The van der Waals surface area contributed by atoms with Crippen molar-refractivity contribution in [2.45, 2.75) is 11.8 Å². The first-order valence-electron chi connectivity index (χ1n) is 3.71. The molecule has 0 heterocycles. The number of rotatable bonds is 2. The highest BCUT2D eigenvalue weighted by Gasteiger charge is 1.96. The second kappa shape index (κ2) is 4.09. The average Bonchev–Trinajstić information content (AvgIpc) is 2.02. The molecule has 1 aromatic rings. The van der Waals surface area contributed by atoms with Gasteiger partial charge in [0.1, 0.15) is 0 Å². The number of aryl methyl sites for hydroxylation is 1. The molecule has 13 heavy (non-hydrogen) atoms. The first-order chi connectivity index (χ1) is 6.09. The van der Waals surface area contributed by atoms with Crippen molar-refractivity contribution in [1.29, 1.82) is 0 Å². The van der Waals surface area contributed by atoms with E-state index in [4.69, 9.17) is 0 Å². The first kappa shape index (κ1) is 9.80. The fraction of sp³-hybridized carbons (Fsp3) is 0.111. The Hall–Kier alpha value is -1.29. The SMILES string of the molecule is Cc1ccc(C=C[N+](=O)[O-])c(S)c1. The molecular formula is C9H9NO2S. The van der Waals surface area contributed by atoms with Crippen molar-refractivity contribution in [2.24, 2.45) is 0 Å². The van der Waals surface area contributed by atoms with E-state index in [2.05, 4.69) is 12.6 Å². The Morgan fingerprint density at radius 1 is 1.54 bits per heavy atom. The van der Waals surface area contributed by atoms with Crippen LogP contribution >= 0.6 is 12.6 Å². The molecule has 68 valence electrons. The highest BCUT2D eigenvalue weighted by atomic mass is 32.1. The van der Waals surface area contributed by atoms with Gasteiger partial charge in [-0.15, -0.1) is 12.6 Å². The van der Waals surface area contributed by atoms with E-state index in [0.29, 0.717) is 0 Å². The molecule has 0 atom stereocenters. The highest BCUT2D eigenvalue weighted by molar-refractivity contribution is 7.80. The number of benzene rings is 1. The summed E-state index contributed by atoms with van der Waals surface area (Å²) in [6.45, 7) is 1.95. The smallest absolute Gasteiger partial charge is 0.235 e. The molecule has 0 radical (unpaired) electrons. The van der Waals surface area contributed by atoms with E-state index in [1.165, 1.54) is 6.08 Å². The van der Waals surface area contributed by atoms with E-state index >= 15 is 0 Å². The molecule has 0 aromatic heterocycles. The summed E-state index contributed by atoms with van der Waals surface area (Å²) in [6, 6.07) is 5.56. The summed E-state index contributed by atoms with van der Waals surface area (Å²) >= 11 is 4.20. The lowest BCUT2D eigenvalue weighted by Gasteiger charge is -1.98. The maximum Gasteiger partial charge on any atom is 0.235 e. The van der Waals surface area contributed by atoms with Crippen LogP contribution in [0.5, 0.6) is 0 Å². The molecule has 0 saturated heterocycles. The van der Waals surface area contributed by atoms with Gasteiger partial charge in [-0.05, 0) is 24.1 Å². The van der Waals surface area contributed by atoms with Gasteiger partial charge in [-0.3, -0.25) is 10.1 Å². The molecule has 1 aromatic carbocycles. The van der Waals surface area contributed by atoms with Crippen LogP contribution in [0, 0.1) is 17.0 Å². The predicted octanol–water partition coefficient (Wildman–Crippen LogP) is 2.53. The summed E-state index contributed by atoms with van der Waals surface area (Å²) in [7, 11) is 0. The lowest BCUT2D eigenvalue weighted by atomic mass is 10.1. The average molecular weight is 195 g/mol. The van der Waals surface area contributed by atoms with Gasteiger partial charge < -0.3 is 0 Å². The third-order valence-electron chi connectivity index (χ3n) is 1.56. The Labute approximate surface area is 81.6 Å². The molecule has 0 N–H and O–H groups in total. The zero-order valence-electron chi connectivity index (χ0n) is 7.10. The fourth-order valence-corrected chi connectivity index (χ4v) is 1.29. The van der Waals surface area contributed by atoms with Gasteiger partial charge in [0.05, 0.1) is 4.92 Å². The maximum absolute atomic E-state index is 10.0. The standard InChI is InChI=1S/C9H9NO2S/c1-7-2-3-8(9(13)6-7)4-5-10(11)12/h2-6,13H,1H3. The lowest BCUT2D eigenvalue weighted by Crippen LogP contribution is -1.84. The number of hydrogen-bond acceptors (Lipinski definition) is 3. The molecule has 0 amide bonds. The van der Waals surface area contributed by atoms with E-state index < -0.39 is 4.92 Å². The molecule has 0 spiro atoms. The van der Waals surface area contributed by atoms with Crippen LogP contribution in [0.25, 0.3) is 6.08 Å². The molecule has 0 fully saturated rings. The van der Waals surface area contributed by atoms with Crippen LogP contribution in [0.15, 0.2) is 29.3 Å². The molecule has 0 bridgehead atoms. The summed E-state index contributed by atoms with van der Waals surface area (Å²) in [5, 5.41) is 10.0. The van der Waals surface area contributed by atoms with Crippen LogP contribution in [-0.4, -0.2) is 4.92 Å². The third-order valence-corrected chi connectivity index (χ3v) is 1.95. The summed E-state index contributed by atoms with van der Waals surface area (Å²) < 4.78 is 0. The Balaban J connectivity index is 2.96. The van der Waals surface area contributed by atoms with Crippen LogP contribution < -0.4 is 0 Å². The largest absolute Gasteiger partial charge is 0.259 e. The highest BCUT2D eigenvalue weighted by Crippen LogP contribution is 2.16. The Kier molecular flexibility index (Phi) is 3.08. The summed E-state index contributed by atoms with van der Waals surface area (Å²) in [5.41, 5.74) is 1.84. The number of nitrogens with zero attached hydrogens (tertiary/aromatic N) is 1. The van der Waals surface area contributed by atoms with Crippen molar-refractivity contribution in [1.82, 2.24) is 0 Å². The van der Waals surface area contributed by atoms with Gasteiger partial charge in [0, 0.05) is 11.0 Å². The molecular weight excluding hydrogens is 186 g/mol. The summed E-state index contributed by atoms with van der Waals surface area (Å²) in [6.07, 6.45) is 2.34. The molecule has 0 aliphatic carbocycles. The van der Waals surface area contributed by atoms with Crippen molar-refractivity contribution in [3.63, 3.8) is 0 Å². The number of nitro groups is 1. The Morgan fingerprint density at radius 3 is 2.77 bits per heavy atom. The van der Waals surface area contributed by atoms with Crippen molar-refractivity contribution < 1.29 is 4.92 Å². The second-order valence-electron chi connectivity index (χ2n) is 2.66. The maximum atomic E-state index is 10.0. The Bertz CT molecular complexity index is 361. The predicted molar refractivity (Wildman–Crippen MR) is 54.5 cm³/mol. The second-order valence-corrected chi connectivity index (χ2v) is 3.15. The lowest BCUT2D eigenvalue weighted by molar-refractivity contribution is -0.400.